The van der Waals surface area contributed by atoms with E-state index in [0.29, 0.717) is 44.0 Å². The zero-order valence-electron chi connectivity index (χ0n) is 18.3. The van der Waals surface area contributed by atoms with Gasteiger partial charge in [0.25, 0.3) is 0 Å². The fraction of sp³-hybridized carbons (Fsp3) is 0.571. The van der Waals surface area contributed by atoms with E-state index in [1.807, 2.05) is 15.9 Å². The van der Waals surface area contributed by atoms with E-state index >= 15 is 0 Å². The number of aromatic nitrogens is 3. The molecule has 4 rings (SSSR count). The molecule has 2 saturated heterocycles. The molecule has 0 aliphatic carbocycles. The third-order valence-electron chi connectivity index (χ3n) is 5.97. The molecule has 0 amide bonds. The van der Waals surface area contributed by atoms with Crippen molar-refractivity contribution in [2.24, 2.45) is 22.9 Å². The summed E-state index contributed by atoms with van der Waals surface area (Å²) in [6.07, 6.45) is 1.58. The van der Waals surface area contributed by atoms with Crippen LogP contribution in [0.5, 0.6) is 0 Å². The van der Waals surface area contributed by atoms with Crippen LogP contribution in [-0.2, 0) is 0 Å². The van der Waals surface area contributed by atoms with Crippen LogP contribution < -0.4 is 38.1 Å². The van der Waals surface area contributed by atoms with Crippen LogP contribution >= 0.6 is 0 Å². The summed E-state index contributed by atoms with van der Waals surface area (Å²) in [4.78, 5) is 18.2. The highest BCUT2D eigenvalue weighted by atomic mass is 15.4. The second kappa shape index (κ2) is 8.91. The molecule has 0 radical (unpaired) electrons. The minimum absolute atomic E-state index is 0.0167. The maximum Gasteiger partial charge on any atom is 0.233 e. The molecule has 10 nitrogen and oxygen atoms in total. The molecule has 4 atom stereocenters. The Hall–Kier alpha value is -2.53. The summed E-state index contributed by atoms with van der Waals surface area (Å²) in [5.74, 6) is 1.60. The largest absolute Gasteiger partial charge is 0.338 e. The zero-order valence-corrected chi connectivity index (χ0v) is 18.3. The maximum absolute atomic E-state index is 6.21. The standard InChI is InChI=1S/C21H34N10/c1-12-3-4-18(5-13(12)2)26-19-27-20(30-8-14(22)6-15(23)9-30)29-21(28-19)31-10-16(24)7-17(25)11-31/h3-5,14-17H,6-11,22-25H2,1-2H3,(H,26,27,28,29)/t14-,15+,16-,17+. The summed E-state index contributed by atoms with van der Waals surface area (Å²) in [5.41, 5.74) is 28.2. The fourth-order valence-electron chi connectivity index (χ4n) is 4.32. The topological polar surface area (TPSA) is 161 Å². The van der Waals surface area contributed by atoms with Crippen LogP contribution in [0.4, 0.5) is 23.5 Å². The van der Waals surface area contributed by atoms with Crippen molar-refractivity contribution < 1.29 is 0 Å². The second-order valence-electron chi connectivity index (χ2n) is 9.00. The van der Waals surface area contributed by atoms with Crippen molar-refractivity contribution in [3.63, 3.8) is 0 Å². The van der Waals surface area contributed by atoms with Gasteiger partial charge in [-0.15, -0.1) is 0 Å². The van der Waals surface area contributed by atoms with Gasteiger partial charge < -0.3 is 38.1 Å². The van der Waals surface area contributed by atoms with Crippen molar-refractivity contribution >= 4 is 23.5 Å². The molecule has 2 fully saturated rings. The van der Waals surface area contributed by atoms with E-state index < -0.39 is 0 Å². The van der Waals surface area contributed by atoms with Gasteiger partial charge in [-0.3, -0.25) is 0 Å². The number of benzene rings is 1. The Morgan fingerprint density at radius 2 is 1.23 bits per heavy atom. The molecule has 168 valence electrons. The average Bonchev–Trinajstić information content (AvgIpc) is 2.69. The van der Waals surface area contributed by atoms with Gasteiger partial charge in [-0.05, 0) is 49.9 Å². The van der Waals surface area contributed by atoms with Gasteiger partial charge in [0.2, 0.25) is 17.8 Å². The maximum atomic E-state index is 6.21. The Morgan fingerprint density at radius 1 is 0.742 bits per heavy atom. The normalized spacial score (nSPS) is 26.8. The SMILES string of the molecule is Cc1ccc(Nc2nc(N3C[C@H](N)C[C@H](N)C3)nc(N3C[C@H](N)C[C@H](N)C3)n2)cc1C. The number of nitrogens with one attached hydrogen (secondary N) is 1. The summed E-state index contributed by atoms with van der Waals surface area (Å²) >= 11 is 0. The van der Waals surface area contributed by atoms with Crippen LogP contribution in [0.25, 0.3) is 0 Å². The van der Waals surface area contributed by atoms with E-state index in [4.69, 9.17) is 37.9 Å². The van der Waals surface area contributed by atoms with Crippen molar-refractivity contribution in [1.82, 2.24) is 15.0 Å². The van der Waals surface area contributed by atoms with E-state index in [9.17, 15) is 0 Å². The number of anilines is 4. The first-order valence-corrected chi connectivity index (χ1v) is 10.9. The minimum atomic E-state index is -0.0167. The van der Waals surface area contributed by atoms with E-state index in [1.165, 1.54) is 11.1 Å². The first-order valence-electron chi connectivity index (χ1n) is 10.9. The van der Waals surface area contributed by atoms with Crippen molar-refractivity contribution in [3.8, 4) is 0 Å². The molecule has 0 spiro atoms. The van der Waals surface area contributed by atoms with Crippen LogP contribution in [0.2, 0.25) is 0 Å². The molecule has 2 aromatic rings. The number of nitrogens with two attached hydrogens (primary N) is 4. The molecule has 9 N–H and O–H groups in total. The number of hydrogen-bond acceptors (Lipinski definition) is 10. The second-order valence-corrected chi connectivity index (χ2v) is 9.00. The van der Waals surface area contributed by atoms with Crippen LogP contribution in [0.3, 0.4) is 0 Å². The first kappa shape index (κ1) is 21.7. The lowest BCUT2D eigenvalue weighted by atomic mass is 10.0. The molecular formula is C21H34N10. The van der Waals surface area contributed by atoms with E-state index in [-0.39, 0.29) is 24.2 Å². The van der Waals surface area contributed by atoms with E-state index in [1.54, 1.807) is 0 Å². The fourth-order valence-corrected chi connectivity index (χ4v) is 4.32. The minimum Gasteiger partial charge on any atom is -0.338 e. The molecule has 0 saturated carbocycles. The van der Waals surface area contributed by atoms with Crippen molar-refractivity contribution in [2.75, 3.05) is 41.3 Å². The van der Waals surface area contributed by atoms with Gasteiger partial charge >= 0.3 is 0 Å². The van der Waals surface area contributed by atoms with Crippen LogP contribution in [0.15, 0.2) is 18.2 Å². The molecule has 0 unspecified atom stereocenters. The predicted molar refractivity (Wildman–Crippen MR) is 125 cm³/mol. The quantitative estimate of drug-likeness (QED) is 0.448. The average molecular weight is 427 g/mol. The van der Waals surface area contributed by atoms with E-state index in [2.05, 4.69) is 31.3 Å². The van der Waals surface area contributed by atoms with Crippen molar-refractivity contribution in [2.45, 2.75) is 50.9 Å². The molecule has 3 heterocycles. The number of rotatable bonds is 4. The van der Waals surface area contributed by atoms with Gasteiger partial charge in [0.05, 0.1) is 0 Å². The highest BCUT2D eigenvalue weighted by Gasteiger charge is 2.28. The zero-order chi connectivity index (χ0) is 22.1. The van der Waals surface area contributed by atoms with E-state index in [0.717, 1.165) is 18.5 Å². The van der Waals surface area contributed by atoms with Gasteiger partial charge in [-0.25, -0.2) is 0 Å². The van der Waals surface area contributed by atoms with Crippen LogP contribution in [0.1, 0.15) is 24.0 Å². The summed E-state index contributed by atoms with van der Waals surface area (Å²) in [7, 11) is 0. The third kappa shape index (κ3) is 5.21. The molecule has 1 aromatic heterocycles. The number of piperidine rings is 2. The highest BCUT2D eigenvalue weighted by molar-refractivity contribution is 5.58. The molecule has 31 heavy (non-hydrogen) atoms. The smallest absolute Gasteiger partial charge is 0.233 e. The highest BCUT2D eigenvalue weighted by Crippen LogP contribution is 2.24. The summed E-state index contributed by atoms with van der Waals surface area (Å²) < 4.78 is 0. The van der Waals surface area contributed by atoms with Gasteiger partial charge in [0.1, 0.15) is 0 Å². The Kier molecular flexibility index (Phi) is 6.24. The van der Waals surface area contributed by atoms with Gasteiger partial charge in [0, 0.05) is 56.0 Å². The predicted octanol–water partition coefficient (Wildman–Crippen LogP) is -0.0386. The number of hydrogen-bond donors (Lipinski definition) is 5. The van der Waals surface area contributed by atoms with Crippen molar-refractivity contribution in [1.29, 1.82) is 0 Å². The lowest BCUT2D eigenvalue weighted by molar-refractivity contribution is 0.441. The van der Waals surface area contributed by atoms with Crippen LogP contribution in [-0.4, -0.2) is 65.3 Å². The lowest BCUT2D eigenvalue weighted by Gasteiger charge is -2.37. The Balaban J connectivity index is 1.68. The molecule has 0 bridgehead atoms. The lowest BCUT2D eigenvalue weighted by Crippen LogP contribution is -2.54. The molecular weight excluding hydrogens is 392 g/mol. The van der Waals surface area contributed by atoms with Gasteiger partial charge in [0.15, 0.2) is 0 Å². The number of aryl methyl sites for hydroxylation is 2. The summed E-state index contributed by atoms with van der Waals surface area (Å²) in [5, 5.41) is 3.34. The summed E-state index contributed by atoms with van der Waals surface area (Å²) in [6, 6.07) is 6.11. The first-order chi connectivity index (χ1) is 14.8. The molecule has 1 aromatic carbocycles. The van der Waals surface area contributed by atoms with Gasteiger partial charge in [-0.1, -0.05) is 6.07 Å². The summed E-state index contributed by atoms with van der Waals surface area (Å²) in [6.45, 7) is 6.78. The van der Waals surface area contributed by atoms with Crippen molar-refractivity contribution in [3.05, 3.63) is 29.3 Å². The Bertz CT molecular complexity index is 855. The molecule has 10 heteroatoms. The van der Waals surface area contributed by atoms with Crippen LogP contribution in [0, 0.1) is 13.8 Å². The number of nitrogens with zero attached hydrogens (tertiary/aromatic N) is 5. The molecule has 2 aliphatic heterocycles. The Morgan fingerprint density at radius 3 is 1.68 bits per heavy atom. The van der Waals surface area contributed by atoms with Gasteiger partial charge in [-0.2, -0.15) is 15.0 Å². The third-order valence-corrected chi connectivity index (χ3v) is 5.97. The molecule has 2 aliphatic rings. The Labute approximate surface area is 183 Å². The monoisotopic (exact) mass is 426 g/mol.